The van der Waals surface area contributed by atoms with Crippen LogP contribution in [0.5, 0.6) is 0 Å². The molecular formula is C19H28N2O5Si. The standard InChI is InChI=1S/C19H28N2O5Si/c1-19(2,3)27(4,5)25-12-13-11-24-10-9-21(13)18-20-16-14(17(22)23)7-6-8-15(16)26-18/h6-8,13H,9-12H2,1-5H3,(H,22,23)/t13-/m1/s1. The molecule has 0 aliphatic carbocycles. The first kappa shape index (κ1) is 19.8. The number of carboxylic acids is 1. The maximum absolute atomic E-state index is 11.4. The van der Waals surface area contributed by atoms with E-state index in [1.165, 1.54) is 6.07 Å². The zero-order valence-electron chi connectivity index (χ0n) is 16.6. The number of carbonyl (C=O) groups is 1. The summed E-state index contributed by atoms with van der Waals surface area (Å²) in [4.78, 5) is 18.0. The second-order valence-electron chi connectivity index (χ2n) is 8.45. The molecule has 7 nitrogen and oxygen atoms in total. The molecule has 1 aromatic heterocycles. The van der Waals surface area contributed by atoms with Crippen molar-refractivity contribution in [2.24, 2.45) is 0 Å². The predicted octanol–water partition coefficient (Wildman–Crippen LogP) is 3.75. The van der Waals surface area contributed by atoms with E-state index >= 15 is 0 Å². The van der Waals surface area contributed by atoms with Crippen LogP contribution >= 0.6 is 0 Å². The monoisotopic (exact) mass is 392 g/mol. The Morgan fingerprint density at radius 1 is 1.41 bits per heavy atom. The van der Waals surface area contributed by atoms with Crippen LogP contribution in [0.1, 0.15) is 31.1 Å². The van der Waals surface area contributed by atoms with Gasteiger partial charge in [0.15, 0.2) is 13.9 Å². The number of ether oxygens (including phenoxy) is 1. The summed E-state index contributed by atoms with van der Waals surface area (Å²) in [5.74, 6) is -1.01. The summed E-state index contributed by atoms with van der Waals surface area (Å²) in [6, 6.07) is 5.34. The summed E-state index contributed by atoms with van der Waals surface area (Å²) in [6.07, 6.45) is 0. The van der Waals surface area contributed by atoms with Crippen LogP contribution in [0.15, 0.2) is 22.6 Å². The van der Waals surface area contributed by atoms with Crippen molar-refractivity contribution in [2.45, 2.75) is 44.9 Å². The van der Waals surface area contributed by atoms with Crippen LogP contribution in [0.4, 0.5) is 6.01 Å². The quantitative estimate of drug-likeness (QED) is 0.776. The SMILES string of the molecule is CC(C)(C)[Si](C)(C)OC[C@H]1COCCN1c1nc2c(C(=O)O)cccc2o1. The lowest BCUT2D eigenvalue weighted by molar-refractivity contribution is 0.0698. The summed E-state index contributed by atoms with van der Waals surface area (Å²) < 4.78 is 17.9. The molecule has 0 spiro atoms. The average Bonchev–Trinajstić information content (AvgIpc) is 3.03. The molecule has 0 amide bonds. The molecule has 1 aromatic carbocycles. The predicted molar refractivity (Wildman–Crippen MR) is 106 cm³/mol. The van der Waals surface area contributed by atoms with Gasteiger partial charge in [-0.2, -0.15) is 4.98 Å². The number of hydrogen-bond donors (Lipinski definition) is 1. The van der Waals surface area contributed by atoms with E-state index in [4.69, 9.17) is 13.6 Å². The van der Waals surface area contributed by atoms with Gasteiger partial charge in [0.2, 0.25) is 0 Å². The molecule has 3 rings (SSSR count). The number of hydrogen-bond acceptors (Lipinski definition) is 6. The highest BCUT2D eigenvalue weighted by Gasteiger charge is 2.39. The molecule has 148 valence electrons. The van der Waals surface area contributed by atoms with Crippen molar-refractivity contribution in [3.63, 3.8) is 0 Å². The molecule has 1 aliphatic heterocycles. The molecule has 0 unspecified atom stereocenters. The minimum atomic E-state index is -1.89. The zero-order chi connectivity index (χ0) is 19.8. The van der Waals surface area contributed by atoms with E-state index in [1.54, 1.807) is 12.1 Å². The van der Waals surface area contributed by atoms with Gasteiger partial charge in [-0.15, -0.1) is 0 Å². The first-order chi connectivity index (χ1) is 12.6. The van der Waals surface area contributed by atoms with Crippen molar-refractivity contribution in [2.75, 3.05) is 31.3 Å². The van der Waals surface area contributed by atoms with Crippen molar-refractivity contribution < 1.29 is 23.5 Å². The number of aromatic nitrogens is 1. The van der Waals surface area contributed by atoms with Gasteiger partial charge in [-0.1, -0.05) is 26.8 Å². The molecule has 2 aromatic rings. The smallest absolute Gasteiger partial charge is 0.338 e. The maximum Gasteiger partial charge on any atom is 0.338 e. The average molecular weight is 393 g/mol. The Kier molecular flexibility index (Phi) is 5.33. The van der Waals surface area contributed by atoms with Crippen molar-refractivity contribution in [1.82, 2.24) is 4.98 Å². The third-order valence-corrected chi connectivity index (χ3v) is 10.1. The first-order valence-corrected chi connectivity index (χ1v) is 12.1. The van der Waals surface area contributed by atoms with Crippen molar-refractivity contribution in [1.29, 1.82) is 0 Å². The van der Waals surface area contributed by atoms with Gasteiger partial charge in [0, 0.05) is 6.54 Å². The number of para-hydroxylation sites is 1. The number of fused-ring (bicyclic) bond motifs is 1. The van der Waals surface area contributed by atoms with E-state index in [0.29, 0.717) is 43.5 Å². The molecule has 8 heteroatoms. The highest BCUT2D eigenvalue weighted by Crippen LogP contribution is 2.37. The summed E-state index contributed by atoms with van der Waals surface area (Å²) in [5.41, 5.74) is 0.987. The lowest BCUT2D eigenvalue weighted by Crippen LogP contribution is -2.51. The Morgan fingerprint density at radius 3 is 2.81 bits per heavy atom. The highest BCUT2D eigenvalue weighted by molar-refractivity contribution is 6.74. The molecular weight excluding hydrogens is 364 g/mol. The van der Waals surface area contributed by atoms with E-state index < -0.39 is 14.3 Å². The number of morpholine rings is 1. The van der Waals surface area contributed by atoms with Gasteiger partial charge < -0.3 is 23.6 Å². The molecule has 0 saturated carbocycles. The second-order valence-corrected chi connectivity index (χ2v) is 13.3. The number of carboxylic acid groups (broad SMARTS) is 1. The van der Waals surface area contributed by atoms with Crippen LogP contribution in [0.25, 0.3) is 11.1 Å². The molecule has 27 heavy (non-hydrogen) atoms. The lowest BCUT2D eigenvalue weighted by atomic mass is 10.2. The number of oxazole rings is 1. The third kappa shape index (κ3) is 4.02. The normalized spacial score (nSPS) is 18.9. The van der Waals surface area contributed by atoms with Gasteiger partial charge >= 0.3 is 5.97 Å². The summed E-state index contributed by atoms with van der Waals surface area (Å²) in [5, 5.41) is 9.50. The fourth-order valence-corrected chi connectivity index (χ4v) is 3.84. The van der Waals surface area contributed by atoms with Crippen LogP contribution in [-0.2, 0) is 9.16 Å². The highest BCUT2D eigenvalue weighted by atomic mass is 28.4. The molecule has 2 heterocycles. The van der Waals surface area contributed by atoms with E-state index in [9.17, 15) is 9.90 Å². The van der Waals surface area contributed by atoms with Crippen LogP contribution in [0.2, 0.25) is 18.1 Å². The van der Waals surface area contributed by atoms with E-state index in [-0.39, 0.29) is 16.6 Å². The molecule has 0 bridgehead atoms. The van der Waals surface area contributed by atoms with Gasteiger partial charge in [0.05, 0.1) is 31.4 Å². The molecule has 1 fully saturated rings. The number of anilines is 1. The Bertz CT molecular complexity index is 827. The van der Waals surface area contributed by atoms with Crippen LogP contribution in [0.3, 0.4) is 0 Å². The van der Waals surface area contributed by atoms with Crippen molar-refractivity contribution >= 4 is 31.4 Å². The first-order valence-electron chi connectivity index (χ1n) is 9.21. The molecule has 0 radical (unpaired) electrons. The van der Waals surface area contributed by atoms with E-state index in [0.717, 1.165) is 0 Å². The zero-order valence-corrected chi connectivity index (χ0v) is 17.6. The van der Waals surface area contributed by atoms with Gasteiger partial charge in [0.1, 0.15) is 5.52 Å². The maximum atomic E-state index is 11.4. The van der Waals surface area contributed by atoms with Crippen molar-refractivity contribution in [3.05, 3.63) is 23.8 Å². The summed E-state index contributed by atoms with van der Waals surface area (Å²) in [7, 11) is -1.89. The number of nitrogens with zero attached hydrogens (tertiary/aromatic N) is 2. The second kappa shape index (κ2) is 7.25. The van der Waals surface area contributed by atoms with Crippen LogP contribution in [-0.4, -0.2) is 56.8 Å². The third-order valence-electron chi connectivity index (χ3n) is 5.55. The van der Waals surface area contributed by atoms with Crippen LogP contribution in [0, 0.1) is 0 Å². The van der Waals surface area contributed by atoms with Crippen molar-refractivity contribution in [3.8, 4) is 0 Å². The summed E-state index contributed by atoms with van der Waals surface area (Å²) in [6.45, 7) is 13.3. The van der Waals surface area contributed by atoms with Crippen LogP contribution < -0.4 is 4.90 Å². The minimum Gasteiger partial charge on any atom is -0.478 e. The van der Waals surface area contributed by atoms with E-state index in [1.807, 2.05) is 4.90 Å². The molecule has 1 atom stereocenters. The molecule has 1 aliphatic rings. The van der Waals surface area contributed by atoms with Gasteiger partial charge in [-0.05, 0) is 30.3 Å². The summed E-state index contributed by atoms with van der Waals surface area (Å²) >= 11 is 0. The number of benzene rings is 1. The number of rotatable bonds is 5. The van der Waals surface area contributed by atoms with E-state index in [2.05, 4.69) is 38.8 Å². The molecule has 1 N–H and O–H groups in total. The van der Waals surface area contributed by atoms with Gasteiger partial charge in [-0.3, -0.25) is 0 Å². The molecule has 1 saturated heterocycles. The largest absolute Gasteiger partial charge is 0.478 e. The lowest BCUT2D eigenvalue weighted by Gasteiger charge is -2.40. The fourth-order valence-electron chi connectivity index (χ4n) is 2.80. The topological polar surface area (TPSA) is 85.0 Å². The minimum absolute atomic E-state index is 0.0192. The fraction of sp³-hybridized carbons (Fsp3) is 0.579. The Balaban J connectivity index is 1.84. The van der Waals surface area contributed by atoms with Gasteiger partial charge in [0.25, 0.3) is 6.01 Å². The van der Waals surface area contributed by atoms with Gasteiger partial charge in [-0.25, -0.2) is 4.79 Å². The Labute approximate surface area is 160 Å². The Morgan fingerprint density at radius 2 is 2.15 bits per heavy atom. The number of aromatic carboxylic acids is 1. The Hall–Kier alpha value is -1.90.